The Morgan fingerprint density at radius 2 is 1.85 bits per heavy atom. The van der Waals surface area contributed by atoms with Crippen LogP contribution in [0.25, 0.3) is 0 Å². The quantitative estimate of drug-likeness (QED) is 0.722. The summed E-state index contributed by atoms with van der Waals surface area (Å²) in [4.78, 5) is 0. The van der Waals surface area contributed by atoms with Crippen LogP contribution in [0.15, 0.2) is 0 Å². The largest absolute Gasteiger partial charge is 0.381 e. The van der Waals surface area contributed by atoms with Crippen LogP contribution < -0.4 is 5.32 Å². The van der Waals surface area contributed by atoms with Gasteiger partial charge in [0.05, 0.1) is 0 Å². The first kappa shape index (κ1) is 9.47. The van der Waals surface area contributed by atoms with Gasteiger partial charge in [-0.25, -0.2) is 0 Å². The summed E-state index contributed by atoms with van der Waals surface area (Å²) in [6.45, 7) is 4.25. The summed E-state index contributed by atoms with van der Waals surface area (Å²) in [6, 6.07) is 1.46. The number of nitrogens with one attached hydrogen (secondary N) is 1. The van der Waals surface area contributed by atoms with Gasteiger partial charge in [-0.2, -0.15) is 0 Å². The van der Waals surface area contributed by atoms with Crippen molar-refractivity contribution in [3.63, 3.8) is 0 Å². The molecule has 76 valence electrons. The third kappa shape index (κ3) is 2.44. The summed E-state index contributed by atoms with van der Waals surface area (Å²) in [6.07, 6.45) is 6.74. The Bertz CT molecular complexity index is 150. The third-order valence-corrected chi connectivity index (χ3v) is 3.58. The van der Waals surface area contributed by atoms with E-state index >= 15 is 0 Å². The zero-order chi connectivity index (χ0) is 9.10. The molecule has 1 aliphatic carbocycles. The van der Waals surface area contributed by atoms with E-state index in [9.17, 15) is 0 Å². The Kier molecular flexibility index (Phi) is 3.23. The normalized spacial score (nSPS) is 28.4. The molecule has 1 atom stereocenters. The van der Waals surface area contributed by atoms with E-state index in [1.54, 1.807) is 0 Å². The van der Waals surface area contributed by atoms with E-state index in [-0.39, 0.29) is 0 Å². The topological polar surface area (TPSA) is 21.3 Å². The average Bonchev–Trinajstić information content (AvgIpc) is 2.02. The lowest BCUT2D eigenvalue weighted by atomic mass is 9.80. The molecule has 0 amide bonds. The van der Waals surface area contributed by atoms with Crippen molar-refractivity contribution in [1.82, 2.24) is 5.32 Å². The number of rotatable bonds is 3. The molecule has 2 rings (SSSR count). The van der Waals surface area contributed by atoms with Crippen molar-refractivity contribution < 1.29 is 4.74 Å². The lowest BCUT2D eigenvalue weighted by Crippen LogP contribution is -2.45. The molecular formula is C11H21NO. The van der Waals surface area contributed by atoms with Crippen molar-refractivity contribution in [2.24, 2.45) is 5.92 Å². The Morgan fingerprint density at radius 3 is 2.38 bits per heavy atom. The van der Waals surface area contributed by atoms with Gasteiger partial charge in [0.1, 0.15) is 0 Å². The minimum atomic E-state index is 0.726. The highest BCUT2D eigenvalue weighted by Crippen LogP contribution is 2.29. The van der Waals surface area contributed by atoms with Crippen LogP contribution in [0.3, 0.4) is 0 Å². The minimum absolute atomic E-state index is 0.726. The molecule has 0 bridgehead atoms. The van der Waals surface area contributed by atoms with Crippen molar-refractivity contribution in [2.45, 2.75) is 51.1 Å². The van der Waals surface area contributed by atoms with Gasteiger partial charge >= 0.3 is 0 Å². The molecule has 2 nitrogen and oxygen atoms in total. The van der Waals surface area contributed by atoms with Crippen LogP contribution >= 0.6 is 0 Å². The summed E-state index contributed by atoms with van der Waals surface area (Å²) in [5, 5.41) is 3.74. The van der Waals surface area contributed by atoms with Crippen LogP contribution in [-0.4, -0.2) is 25.3 Å². The molecule has 1 N–H and O–H groups in total. The van der Waals surface area contributed by atoms with Gasteiger partial charge in [-0.1, -0.05) is 6.42 Å². The molecule has 2 heteroatoms. The monoisotopic (exact) mass is 183 g/mol. The zero-order valence-corrected chi connectivity index (χ0v) is 8.59. The highest BCUT2D eigenvalue weighted by atomic mass is 16.5. The molecule has 0 radical (unpaired) electrons. The molecule has 2 aliphatic rings. The highest BCUT2D eigenvalue weighted by Gasteiger charge is 2.26. The van der Waals surface area contributed by atoms with Gasteiger partial charge in [0.15, 0.2) is 0 Å². The maximum Gasteiger partial charge on any atom is 0.0480 e. The molecule has 1 heterocycles. The van der Waals surface area contributed by atoms with Crippen LogP contribution in [0, 0.1) is 5.92 Å². The zero-order valence-electron chi connectivity index (χ0n) is 8.59. The van der Waals surface area contributed by atoms with Crippen LogP contribution in [-0.2, 0) is 4.74 Å². The second kappa shape index (κ2) is 4.43. The van der Waals surface area contributed by atoms with E-state index in [1.165, 1.54) is 32.1 Å². The second-order valence-electron chi connectivity index (χ2n) is 4.53. The van der Waals surface area contributed by atoms with Gasteiger partial charge in [-0.05, 0) is 38.5 Å². The maximum absolute atomic E-state index is 5.34. The standard InChI is InChI=1S/C11H21NO/c1-9(10-3-2-4-10)12-11-5-7-13-8-6-11/h9-12H,2-8H2,1H3/t9-/m1/s1. The van der Waals surface area contributed by atoms with Crippen LogP contribution in [0.1, 0.15) is 39.0 Å². The first-order valence-electron chi connectivity index (χ1n) is 5.70. The van der Waals surface area contributed by atoms with E-state index < -0.39 is 0 Å². The molecular weight excluding hydrogens is 162 g/mol. The van der Waals surface area contributed by atoms with Crippen molar-refractivity contribution in [1.29, 1.82) is 0 Å². The Morgan fingerprint density at radius 1 is 1.15 bits per heavy atom. The van der Waals surface area contributed by atoms with Crippen molar-refractivity contribution >= 4 is 0 Å². The molecule has 0 aromatic carbocycles. The number of hydrogen-bond acceptors (Lipinski definition) is 2. The predicted octanol–water partition coefficient (Wildman–Crippen LogP) is 1.94. The van der Waals surface area contributed by atoms with E-state index in [1.807, 2.05) is 0 Å². The van der Waals surface area contributed by atoms with E-state index in [4.69, 9.17) is 4.74 Å². The minimum Gasteiger partial charge on any atom is -0.381 e. The van der Waals surface area contributed by atoms with Gasteiger partial charge in [-0.15, -0.1) is 0 Å². The molecule has 1 aliphatic heterocycles. The third-order valence-electron chi connectivity index (χ3n) is 3.58. The van der Waals surface area contributed by atoms with Gasteiger partial charge in [0.2, 0.25) is 0 Å². The fourth-order valence-corrected chi connectivity index (χ4v) is 2.31. The SMILES string of the molecule is C[C@@H](NC1CCOCC1)C1CCC1. The van der Waals surface area contributed by atoms with E-state index in [0.29, 0.717) is 0 Å². The fourth-order valence-electron chi connectivity index (χ4n) is 2.31. The molecule has 0 aromatic heterocycles. The first-order chi connectivity index (χ1) is 6.36. The van der Waals surface area contributed by atoms with Crippen LogP contribution in [0.4, 0.5) is 0 Å². The Hall–Kier alpha value is -0.0800. The maximum atomic E-state index is 5.34. The van der Waals surface area contributed by atoms with Gasteiger partial charge < -0.3 is 10.1 Å². The smallest absolute Gasteiger partial charge is 0.0480 e. The molecule has 0 aromatic rings. The molecule has 0 unspecified atom stereocenters. The summed E-state index contributed by atoms with van der Waals surface area (Å²) in [5.74, 6) is 0.961. The van der Waals surface area contributed by atoms with Gasteiger partial charge in [0.25, 0.3) is 0 Å². The highest BCUT2D eigenvalue weighted by molar-refractivity contribution is 4.83. The summed E-state index contributed by atoms with van der Waals surface area (Å²) in [5.41, 5.74) is 0. The summed E-state index contributed by atoms with van der Waals surface area (Å²) < 4.78 is 5.34. The molecule has 1 saturated carbocycles. The van der Waals surface area contributed by atoms with Crippen molar-refractivity contribution in [2.75, 3.05) is 13.2 Å². The average molecular weight is 183 g/mol. The first-order valence-corrected chi connectivity index (χ1v) is 5.70. The van der Waals surface area contributed by atoms with Crippen molar-refractivity contribution in [3.8, 4) is 0 Å². The second-order valence-corrected chi connectivity index (χ2v) is 4.53. The Balaban J connectivity index is 1.69. The summed E-state index contributed by atoms with van der Waals surface area (Å²) in [7, 11) is 0. The molecule has 0 spiro atoms. The van der Waals surface area contributed by atoms with Crippen LogP contribution in [0.2, 0.25) is 0 Å². The van der Waals surface area contributed by atoms with Gasteiger partial charge in [-0.3, -0.25) is 0 Å². The fraction of sp³-hybridized carbons (Fsp3) is 1.00. The van der Waals surface area contributed by atoms with E-state index in [0.717, 1.165) is 31.2 Å². The summed E-state index contributed by atoms with van der Waals surface area (Å²) >= 11 is 0. The van der Waals surface area contributed by atoms with E-state index in [2.05, 4.69) is 12.2 Å². The predicted molar refractivity (Wildman–Crippen MR) is 53.8 cm³/mol. The Labute approximate surface area is 81.0 Å². The van der Waals surface area contributed by atoms with Gasteiger partial charge in [0, 0.05) is 25.3 Å². The lowest BCUT2D eigenvalue weighted by Gasteiger charge is -2.35. The molecule has 2 fully saturated rings. The number of ether oxygens (including phenoxy) is 1. The lowest BCUT2D eigenvalue weighted by molar-refractivity contribution is 0.0701. The molecule has 13 heavy (non-hydrogen) atoms. The van der Waals surface area contributed by atoms with Crippen LogP contribution in [0.5, 0.6) is 0 Å². The molecule has 1 saturated heterocycles. The number of hydrogen-bond donors (Lipinski definition) is 1. The van der Waals surface area contributed by atoms with Crippen molar-refractivity contribution in [3.05, 3.63) is 0 Å².